The molecule has 2 aliphatic heterocycles. The van der Waals surface area contributed by atoms with Crippen molar-refractivity contribution in [1.82, 2.24) is 9.47 Å². The fourth-order valence-corrected chi connectivity index (χ4v) is 5.55. The number of halogens is 1. The molecule has 2 aromatic rings. The number of benzene rings is 1. The van der Waals surface area contributed by atoms with Crippen LogP contribution in [0.25, 0.3) is 11.8 Å². The Morgan fingerprint density at radius 2 is 1.94 bits per heavy atom. The van der Waals surface area contributed by atoms with Gasteiger partial charge in [-0.1, -0.05) is 17.7 Å². The van der Waals surface area contributed by atoms with Crippen LogP contribution in [0.1, 0.15) is 22.5 Å². The minimum absolute atomic E-state index is 0.00864. The highest BCUT2D eigenvalue weighted by atomic mass is 35.5. The van der Waals surface area contributed by atoms with Crippen molar-refractivity contribution in [3.8, 4) is 5.69 Å². The number of aryl methyl sites for hydroxylation is 1. The van der Waals surface area contributed by atoms with E-state index in [1.165, 1.54) is 0 Å². The van der Waals surface area contributed by atoms with E-state index < -0.39 is 15.7 Å². The van der Waals surface area contributed by atoms with E-state index in [4.69, 9.17) is 17.0 Å². The first-order valence-corrected chi connectivity index (χ1v) is 12.2. The number of amidine groups is 3. The molecular weight excluding hydrogens is 458 g/mol. The summed E-state index contributed by atoms with van der Waals surface area (Å²) in [4.78, 5) is 17.6. The Morgan fingerprint density at radius 3 is 2.61 bits per heavy atom. The molecule has 0 saturated carbocycles. The van der Waals surface area contributed by atoms with Gasteiger partial charge in [-0.15, -0.1) is 0 Å². The predicted molar refractivity (Wildman–Crippen MR) is 125 cm³/mol. The third-order valence-corrected chi connectivity index (χ3v) is 7.24. The van der Waals surface area contributed by atoms with E-state index in [9.17, 15) is 13.2 Å². The minimum Gasteiger partial charge on any atom is -0.318 e. The van der Waals surface area contributed by atoms with E-state index in [2.05, 4.69) is 9.39 Å². The van der Waals surface area contributed by atoms with Crippen molar-refractivity contribution in [3.63, 3.8) is 0 Å². The number of sulfone groups is 1. The lowest BCUT2D eigenvalue weighted by Gasteiger charge is -2.23. The molecule has 2 aliphatic rings. The van der Waals surface area contributed by atoms with Gasteiger partial charge in [0.05, 0.1) is 17.5 Å². The molecule has 8 nitrogen and oxygen atoms in total. The molecule has 4 rings (SSSR count). The lowest BCUT2D eigenvalue weighted by atomic mass is 10.1. The van der Waals surface area contributed by atoms with Gasteiger partial charge in [-0.3, -0.25) is 10.2 Å². The molecular formula is C20H18ClN5O3S2. The molecule has 160 valence electrons. The van der Waals surface area contributed by atoms with Gasteiger partial charge in [-0.05, 0) is 56.2 Å². The summed E-state index contributed by atoms with van der Waals surface area (Å²) in [7, 11) is -3.70. The van der Waals surface area contributed by atoms with Crippen LogP contribution in [-0.4, -0.2) is 46.2 Å². The second-order valence-electron chi connectivity index (χ2n) is 7.22. The molecule has 31 heavy (non-hydrogen) atoms. The molecule has 1 N–H and O–H groups in total. The number of rotatable bonds is 2. The van der Waals surface area contributed by atoms with E-state index in [1.54, 1.807) is 6.08 Å². The molecule has 0 saturated heterocycles. The summed E-state index contributed by atoms with van der Waals surface area (Å²) in [6.07, 6.45) is 2.57. The zero-order chi connectivity index (χ0) is 22.7. The number of hydrogen-bond acceptors (Lipinski definition) is 6. The van der Waals surface area contributed by atoms with Gasteiger partial charge in [0.25, 0.3) is 5.91 Å². The van der Waals surface area contributed by atoms with Gasteiger partial charge in [0.15, 0.2) is 0 Å². The van der Waals surface area contributed by atoms with Gasteiger partial charge in [0.2, 0.25) is 20.2 Å². The Bertz CT molecular complexity index is 1370. The highest BCUT2D eigenvalue weighted by Crippen LogP contribution is 2.32. The number of carbonyl (C=O) groups excluding carboxylic acids is 1. The SMILES string of the molecule is Cc1c(Cl)cccc1-n1c(C)cc(/C=C2/C(=N)N3C(=NC2=O)SN=C3S(C)(=O)=O)c1C. The highest BCUT2D eigenvalue weighted by molar-refractivity contribution is 8.16. The van der Waals surface area contributed by atoms with Crippen molar-refractivity contribution < 1.29 is 13.2 Å². The third-order valence-electron chi connectivity index (χ3n) is 5.08. The number of nitrogens with one attached hydrogen (secondary N) is 1. The molecule has 0 aliphatic carbocycles. The number of hydrogen-bond donors (Lipinski definition) is 1. The maximum absolute atomic E-state index is 12.6. The number of fused-ring (bicyclic) bond motifs is 1. The van der Waals surface area contributed by atoms with E-state index in [1.807, 2.05) is 49.6 Å². The lowest BCUT2D eigenvalue weighted by Crippen LogP contribution is -2.45. The first-order chi connectivity index (χ1) is 14.5. The van der Waals surface area contributed by atoms with Crippen LogP contribution in [0.3, 0.4) is 0 Å². The summed E-state index contributed by atoms with van der Waals surface area (Å²) in [5.74, 6) is -0.884. The molecule has 3 heterocycles. The standard InChI is InChI=1S/C20H18ClN5O3S2/c1-10-8-13(12(3)25(10)16-7-5-6-15(21)11(16)2)9-14-17(22)26-19(23-18(14)27)30-24-20(26)31(4,28)29/h5-9,22H,1-4H3/b14-9-,22-17?. The number of nitrogens with zero attached hydrogens (tertiary/aromatic N) is 4. The fraction of sp³-hybridized carbons (Fsp3) is 0.200. The highest BCUT2D eigenvalue weighted by Gasteiger charge is 2.41. The van der Waals surface area contributed by atoms with Gasteiger partial charge >= 0.3 is 0 Å². The lowest BCUT2D eigenvalue weighted by molar-refractivity contribution is -0.114. The summed E-state index contributed by atoms with van der Waals surface area (Å²) in [5, 5.41) is 8.90. The molecule has 0 spiro atoms. The van der Waals surface area contributed by atoms with Crippen LogP contribution in [0.2, 0.25) is 5.02 Å². The summed E-state index contributed by atoms with van der Waals surface area (Å²) >= 11 is 7.06. The number of amides is 1. The van der Waals surface area contributed by atoms with Gasteiger partial charge in [-0.2, -0.15) is 9.39 Å². The Kier molecular flexibility index (Phi) is 5.19. The van der Waals surface area contributed by atoms with E-state index in [0.717, 1.165) is 45.7 Å². The first-order valence-electron chi connectivity index (χ1n) is 9.14. The largest absolute Gasteiger partial charge is 0.318 e. The van der Waals surface area contributed by atoms with Crippen LogP contribution in [-0.2, 0) is 14.6 Å². The van der Waals surface area contributed by atoms with E-state index >= 15 is 0 Å². The van der Waals surface area contributed by atoms with Gasteiger partial charge < -0.3 is 4.57 Å². The smallest absolute Gasteiger partial charge is 0.283 e. The maximum Gasteiger partial charge on any atom is 0.283 e. The molecule has 11 heteroatoms. The van der Waals surface area contributed by atoms with Gasteiger partial charge in [-0.25, -0.2) is 13.3 Å². The minimum atomic E-state index is -3.70. The maximum atomic E-state index is 12.6. The van der Waals surface area contributed by atoms with Crippen molar-refractivity contribution >= 4 is 61.5 Å². The summed E-state index contributed by atoms with van der Waals surface area (Å²) < 4.78 is 30.0. The third kappa shape index (κ3) is 3.54. The van der Waals surface area contributed by atoms with Crippen LogP contribution in [0.15, 0.2) is 39.2 Å². The van der Waals surface area contributed by atoms with Crippen LogP contribution in [0.5, 0.6) is 0 Å². The zero-order valence-electron chi connectivity index (χ0n) is 17.1. The summed E-state index contributed by atoms with van der Waals surface area (Å²) in [6, 6.07) is 7.55. The van der Waals surface area contributed by atoms with Crippen LogP contribution in [0, 0.1) is 26.2 Å². The van der Waals surface area contributed by atoms with E-state index in [-0.39, 0.29) is 21.7 Å². The average Bonchev–Trinajstić information content (AvgIpc) is 3.22. The van der Waals surface area contributed by atoms with Gasteiger partial charge in [0, 0.05) is 28.4 Å². The quantitative estimate of drug-likeness (QED) is 0.526. The van der Waals surface area contributed by atoms with Crippen LogP contribution in [0.4, 0.5) is 0 Å². The van der Waals surface area contributed by atoms with E-state index in [0.29, 0.717) is 10.6 Å². The molecule has 1 aromatic carbocycles. The second kappa shape index (κ2) is 7.47. The molecule has 0 unspecified atom stereocenters. The zero-order valence-corrected chi connectivity index (χ0v) is 19.5. The van der Waals surface area contributed by atoms with Crippen molar-refractivity contribution in [1.29, 1.82) is 5.41 Å². The van der Waals surface area contributed by atoms with Crippen LogP contribution < -0.4 is 0 Å². The van der Waals surface area contributed by atoms with Crippen molar-refractivity contribution in [2.45, 2.75) is 20.8 Å². The summed E-state index contributed by atoms with van der Waals surface area (Å²) in [6.45, 7) is 5.77. The van der Waals surface area contributed by atoms with Crippen molar-refractivity contribution in [2.75, 3.05) is 6.26 Å². The average molecular weight is 476 g/mol. The molecule has 0 atom stereocenters. The Morgan fingerprint density at radius 1 is 1.23 bits per heavy atom. The molecule has 0 bridgehead atoms. The number of aromatic nitrogens is 1. The topological polar surface area (TPSA) is 108 Å². The second-order valence-corrected chi connectivity index (χ2v) is 10.3. The first kappa shape index (κ1) is 21.5. The summed E-state index contributed by atoms with van der Waals surface area (Å²) in [5.41, 5.74) is 4.31. The Balaban J connectivity index is 1.82. The van der Waals surface area contributed by atoms with Crippen molar-refractivity contribution in [2.24, 2.45) is 9.39 Å². The molecule has 1 amide bonds. The number of carbonyl (C=O) groups is 1. The number of aliphatic imine (C=N–C) groups is 1. The van der Waals surface area contributed by atoms with Crippen molar-refractivity contribution in [3.05, 3.63) is 57.4 Å². The predicted octanol–water partition coefficient (Wildman–Crippen LogP) is 3.68. The molecule has 0 radical (unpaired) electrons. The van der Waals surface area contributed by atoms with Gasteiger partial charge in [0.1, 0.15) is 5.84 Å². The normalized spacial score (nSPS) is 17.8. The molecule has 0 fully saturated rings. The molecule has 1 aromatic heterocycles. The fourth-order valence-electron chi connectivity index (χ4n) is 3.54. The monoisotopic (exact) mass is 475 g/mol. The van der Waals surface area contributed by atoms with Crippen LogP contribution >= 0.6 is 23.5 Å². The Labute approximate surface area is 188 Å². The Hall–Kier alpha value is -2.69.